The predicted octanol–water partition coefficient (Wildman–Crippen LogP) is 3.42. The SMILES string of the molecule is CCCCCNCC(C)N1CCC2(CCCC2)C1. The van der Waals surface area contributed by atoms with Crippen molar-refractivity contribution in [2.45, 2.75) is 71.3 Å². The molecule has 2 rings (SSSR count). The molecule has 1 spiro atoms. The maximum atomic E-state index is 3.63. The van der Waals surface area contributed by atoms with E-state index >= 15 is 0 Å². The Hall–Kier alpha value is -0.0800. The number of hydrogen-bond donors (Lipinski definition) is 1. The highest BCUT2D eigenvalue weighted by molar-refractivity contribution is 4.94. The molecule has 0 aromatic carbocycles. The second-order valence-corrected chi connectivity index (χ2v) is 6.69. The first-order valence-electron chi connectivity index (χ1n) is 8.20. The van der Waals surface area contributed by atoms with Gasteiger partial charge in [-0.1, -0.05) is 32.6 Å². The minimum Gasteiger partial charge on any atom is -0.315 e. The molecule has 1 N–H and O–H groups in total. The third-order valence-corrected chi connectivity index (χ3v) is 5.15. The lowest BCUT2D eigenvalue weighted by Gasteiger charge is -2.28. The van der Waals surface area contributed by atoms with Gasteiger partial charge in [0.1, 0.15) is 0 Å². The van der Waals surface area contributed by atoms with Crippen LogP contribution < -0.4 is 5.32 Å². The van der Waals surface area contributed by atoms with E-state index in [4.69, 9.17) is 0 Å². The molecular weight excluding hydrogens is 220 g/mol. The molecule has 1 heterocycles. The van der Waals surface area contributed by atoms with E-state index in [9.17, 15) is 0 Å². The van der Waals surface area contributed by atoms with Gasteiger partial charge in [0.05, 0.1) is 0 Å². The zero-order valence-corrected chi connectivity index (χ0v) is 12.5. The quantitative estimate of drug-likeness (QED) is 0.698. The Labute approximate surface area is 114 Å². The van der Waals surface area contributed by atoms with Crippen molar-refractivity contribution in [1.29, 1.82) is 0 Å². The number of unbranched alkanes of at least 4 members (excludes halogenated alkanes) is 2. The van der Waals surface area contributed by atoms with Crippen molar-refractivity contribution in [3.63, 3.8) is 0 Å². The predicted molar refractivity (Wildman–Crippen MR) is 78.9 cm³/mol. The van der Waals surface area contributed by atoms with Gasteiger partial charge in [0.15, 0.2) is 0 Å². The Bertz CT molecular complexity index is 233. The molecule has 0 aromatic heterocycles. The Morgan fingerprint density at radius 2 is 1.94 bits per heavy atom. The molecule has 1 aliphatic heterocycles. The molecule has 1 saturated heterocycles. The molecule has 0 amide bonds. The fourth-order valence-electron chi connectivity index (χ4n) is 3.82. The van der Waals surface area contributed by atoms with Crippen LogP contribution in [0, 0.1) is 5.41 Å². The maximum absolute atomic E-state index is 3.63. The van der Waals surface area contributed by atoms with Gasteiger partial charge in [0, 0.05) is 19.1 Å². The number of nitrogens with one attached hydrogen (secondary N) is 1. The van der Waals surface area contributed by atoms with E-state index in [2.05, 4.69) is 24.1 Å². The van der Waals surface area contributed by atoms with Gasteiger partial charge in [-0.15, -0.1) is 0 Å². The van der Waals surface area contributed by atoms with Crippen LogP contribution in [-0.2, 0) is 0 Å². The van der Waals surface area contributed by atoms with Crippen molar-refractivity contribution in [3.8, 4) is 0 Å². The standard InChI is InChI=1S/C16H32N2/c1-3-4-7-11-17-13-15(2)18-12-10-16(14-18)8-5-6-9-16/h15,17H,3-14H2,1-2H3. The summed E-state index contributed by atoms with van der Waals surface area (Å²) < 4.78 is 0. The summed E-state index contributed by atoms with van der Waals surface area (Å²) in [4.78, 5) is 2.73. The summed E-state index contributed by atoms with van der Waals surface area (Å²) in [6.45, 7) is 9.79. The molecule has 1 unspecified atom stereocenters. The van der Waals surface area contributed by atoms with Crippen molar-refractivity contribution >= 4 is 0 Å². The highest BCUT2D eigenvalue weighted by Gasteiger charge is 2.41. The van der Waals surface area contributed by atoms with Crippen LogP contribution in [0.3, 0.4) is 0 Å². The lowest BCUT2D eigenvalue weighted by molar-refractivity contribution is 0.210. The average Bonchev–Trinajstić information content (AvgIpc) is 3.00. The van der Waals surface area contributed by atoms with Crippen LogP contribution in [0.15, 0.2) is 0 Å². The van der Waals surface area contributed by atoms with E-state index in [1.165, 1.54) is 77.5 Å². The van der Waals surface area contributed by atoms with Crippen LogP contribution in [-0.4, -0.2) is 37.1 Å². The fraction of sp³-hybridized carbons (Fsp3) is 1.00. The van der Waals surface area contributed by atoms with E-state index in [-0.39, 0.29) is 0 Å². The van der Waals surface area contributed by atoms with E-state index in [0.717, 1.165) is 11.5 Å². The van der Waals surface area contributed by atoms with Crippen molar-refractivity contribution in [2.24, 2.45) is 5.41 Å². The molecule has 106 valence electrons. The summed E-state index contributed by atoms with van der Waals surface area (Å²) in [7, 11) is 0. The molecule has 18 heavy (non-hydrogen) atoms. The third kappa shape index (κ3) is 3.71. The van der Waals surface area contributed by atoms with E-state index in [0.29, 0.717) is 0 Å². The molecule has 0 bridgehead atoms. The molecule has 2 heteroatoms. The highest BCUT2D eigenvalue weighted by Crippen LogP contribution is 2.45. The topological polar surface area (TPSA) is 15.3 Å². The van der Waals surface area contributed by atoms with Gasteiger partial charge in [-0.05, 0) is 51.1 Å². The average molecular weight is 252 g/mol. The zero-order valence-electron chi connectivity index (χ0n) is 12.5. The third-order valence-electron chi connectivity index (χ3n) is 5.15. The fourth-order valence-corrected chi connectivity index (χ4v) is 3.82. The van der Waals surface area contributed by atoms with Crippen LogP contribution in [0.5, 0.6) is 0 Å². The molecule has 1 saturated carbocycles. The minimum absolute atomic E-state index is 0.728. The molecule has 2 nitrogen and oxygen atoms in total. The smallest absolute Gasteiger partial charge is 0.0192 e. The molecule has 1 atom stereocenters. The van der Waals surface area contributed by atoms with Gasteiger partial charge in [0.25, 0.3) is 0 Å². The first kappa shape index (κ1) is 14.3. The van der Waals surface area contributed by atoms with Crippen LogP contribution in [0.2, 0.25) is 0 Å². The second-order valence-electron chi connectivity index (χ2n) is 6.69. The van der Waals surface area contributed by atoms with Crippen LogP contribution >= 0.6 is 0 Å². The molecule has 0 radical (unpaired) electrons. The van der Waals surface area contributed by atoms with Gasteiger partial charge in [-0.25, -0.2) is 0 Å². The van der Waals surface area contributed by atoms with E-state index in [1.54, 1.807) is 0 Å². The summed E-state index contributed by atoms with van der Waals surface area (Å²) in [6.07, 6.45) is 11.5. The van der Waals surface area contributed by atoms with Gasteiger partial charge >= 0.3 is 0 Å². The lowest BCUT2D eigenvalue weighted by Crippen LogP contribution is -2.40. The Kier molecular flexibility index (Phi) is 5.50. The Morgan fingerprint density at radius 1 is 1.17 bits per heavy atom. The maximum Gasteiger partial charge on any atom is 0.0192 e. The molecule has 1 aliphatic carbocycles. The van der Waals surface area contributed by atoms with Crippen molar-refractivity contribution in [2.75, 3.05) is 26.2 Å². The molecule has 2 fully saturated rings. The summed E-state index contributed by atoms with van der Waals surface area (Å²) in [5.41, 5.74) is 0.733. The van der Waals surface area contributed by atoms with Crippen molar-refractivity contribution < 1.29 is 0 Å². The summed E-state index contributed by atoms with van der Waals surface area (Å²) >= 11 is 0. The zero-order chi connectivity index (χ0) is 12.8. The summed E-state index contributed by atoms with van der Waals surface area (Å²) in [5.74, 6) is 0. The number of hydrogen-bond acceptors (Lipinski definition) is 2. The summed E-state index contributed by atoms with van der Waals surface area (Å²) in [5, 5.41) is 3.63. The molecule has 0 aromatic rings. The van der Waals surface area contributed by atoms with Gasteiger partial charge < -0.3 is 5.32 Å². The van der Waals surface area contributed by atoms with Crippen LogP contribution in [0.4, 0.5) is 0 Å². The Morgan fingerprint density at radius 3 is 2.67 bits per heavy atom. The first-order chi connectivity index (χ1) is 8.76. The minimum atomic E-state index is 0.728. The molecule has 2 aliphatic rings. The van der Waals surface area contributed by atoms with Crippen LogP contribution in [0.1, 0.15) is 65.2 Å². The summed E-state index contributed by atoms with van der Waals surface area (Å²) in [6, 6.07) is 0.728. The van der Waals surface area contributed by atoms with Gasteiger partial charge in [-0.3, -0.25) is 4.90 Å². The normalized spacial score (nSPS) is 25.0. The lowest BCUT2D eigenvalue weighted by atomic mass is 9.86. The van der Waals surface area contributed by atoms with Crippen molar-refractivity contribution in [1.82, 2.24) is 10.2 Å². The second kappa shape index (κ2) is 6.91. The number of rotatable bonds is 7. The van der Waals surface area contributed by atoms with E-state index in [1.807, 2.05) is 0 Å². The number of nitrogens with zero attached hydrogens (tertiary/aromatic N) is 1. The largest absolute Gasteiger partial charge is 0.315 e. The number of likely N-dealkylation sites (tertiary alicyclic amines) is 1. The van der Waals surface area contributed by atoms with Gasteiger partial charge in [-0.2, -0.15) is 0 Å². The monoisotopic (exact) mass is 252 g/mol. The van der Waals surface area contributed by atoms with Crippen LogP contribution in [0.25, 0.3) is 0 Å². The molecular formula is C16H32N2. The highest BCUT2D eigenvalue weighted by atomic mass is 15.2. The first-order valence-corrected chi connectivity index (χ1v) is 8.20. The Balaban J connectivity index is 1.63. The van der Waals surface area contributed by atoms with Crippen molar-refractivity contribution in [3.05, 3.63) is 0 Å². The van der Waals surface area contributed by atoms with E-state index < -0.39 is 0 Å². The van der Waals surface area contributed by atoms with Gasteiger partial charge in [0.2, 0.25) is 0 Å².